The summed E-state index contributed by atoms with van der Waals surface area (Å²) in [7, 11) is 0. The molecule has 0 unspecified atom stereocenters. The van der Waals surface area contributed by atoms with E-state index >= 15 is 0 Å². The number of nitrogens with zero attached hydrogens (tertiary/aromatic N) is 5. The van der Waals surface area contributed by atoms with Gasteiger partial charge in [-0.2, -0.15) is 18.3 Å². The third-order valence-corrected chi connectivity index (χ3v) is 6.49. The highest BCUT2D eigenvalue weighted by Gasteiger charge is 2.38. The lowest BCUT2D eigenvalue weighted by molar-refractivity contribution is -0.141. The summed E-state index contributed by atoms with van der Waals surface area (Å²) < 4.78 is 50.0. The second-order valence-corrected chi connectivity index (χ2v) is 11.3. The number of alkyl halides is 3. The van der Waals surface area contributed by atoms with E-state index in [2.05, 4.69) is 41.2 Å². The third kappa shape index (κ3) is 7.32. The quantitative estimate of drug-likeness (QED) is 0.225. The highest BCUT2D eigenvalue weighted by atomic mass is 19.4. The molecule has 41 heavy (non-hydrogen) atoms. The molecule has 0 aliphatic rings. The fourth-order valence-corrected chi connectivity index (χ4v) is 4.63. The lowest BCUT2D eigenvalue weighted by atomic mass is 9.98. The molecular formula is C30H37F3N6O2. The van der Waals surface area contributed by atoms with E-state index in [0.29, 0.717) is 68.2 Å². The van der Waals surface area contributed by atoms with Crippen molar-refractivity contribution in [3.8, 4) is 11.3 Å². The molecule has 0 bridgehead atoms. The summed E-state index contributed by atoms with van der Waals surface area (Å²) in [6, 6.07) is 5.64. The predicted octanol–water partition coefficient (Wildman–Crippen LogP) is 5.97. The molecule has 220 valence electrons. The Bertz CT molecular complexity index is 1500. The number of benzene rings is 1. The van der Waals surface area contributed by atoms with Crippen molar-refractivity contribution in [3.63, 3.8) is 0 Å². The molecule has 1 amide bonds. The second-order valence-electron chi connectivity index (χ2n) is 11.3. The maximum atomic E-state index is 13.8. The Kier molecular flexibility index (Phi) is 9.16. The number of aromatic nitrogens is 5. The average Bonchev–Trinajstić information content (AvgIpc) is 3.53. The summed E-state index contributed by atoms with van der Waals surface area (Å²) in [6.45, 7) is 12.0. The topological polar surface area (TPSA) is 86.3 Å². The summed E-state index contributed by atoms with van der Waals surface area (Å²) in [6.07, 6.45) is 3.13. The summed E-state index contributed by atoms with van der Waals surface area (Å²) >= 11 is 0. The number of fused-ring (bicyclic) bond motifs is 1. The minimum atomic E-state index is -4.60. The van der Waals surface area contributed by atoms with E-state index in [0.717, 1.165) is 11.1 Å². The van der Waals surface area contributed by atoms with Crippen LogP contribution in [0, 0.1) is 5.41 Å². The Morgan fingerprint density at radius 3 is 2.59 bits per heavy atom. The van der Waals surface area contributed by atoms with Crippen LogP contribution in [0.25, 0.3) is 16.9 Å². The fourth-order valence-electron chi connectivity index (χ4n) is 4.63. The number of carbonyl (C=O) groups excluding carboxylic acids is 1. The molecule has 0 aliphatic heterocycles. The lowest BCUT2D eigenvalue weighted by Gasteiger charge is -2.18. The molecule has 4 rings (SSSR count). The number of imidazole rings is 1. The molecule has 0 fully saturated rings. The first-order chi connectivity index (χ1) is 19.4. The number of carbonyl (C=O) groups is 1. The first-order valence-corrected chi connectivity index (χ1v) is 13.8. The number of ether oxygens (including phenoxy) is 1. The Labute approximate surface area is 238 Å². The van der Waals surface area contributed by atoms with Crippen LogP contribution in [-0.2, 0) is 30.3 Å². The number of rotatable bonds is 11. The summed E-state index contributed by atoms with van der Waals surface area (Å²) in [5.41, 5.74) is 2.90. The zero-order chi connectivity index (χ0) is 29.8. The molecule has 0 spiro atoms. The van der Waals surface area contributed by atoms with E-state index in [1.165, 1.54) is 17.1 Å². The molecule has 0 saturated carbocycles. The Hall–Kier alpha value is -3.73. The van der Waals surface area contributed by atoms with Gasteiger partial charge in [0.25, 0.3) is 5.91 Å². The number of halogens is 3. The number of nitrogens with one attached hydrogen (secondary N) is 1. The van der Waals surface area contributed by atoms with Crippen molar-refractivity contribution in [2.75, 3.05) is 19.8 Å². The van der Waals surface area contributed by atoms with Crippen molar-refractivity contribution in [3.05, 3.63) is 71.1 Å². The fraction of sp³-hybridized carbons (Fsp3) is 0.467. The normalized spacial score (nSPS) is 12.3. The van der Waals surface area contributed by atoms with Gasteiger partial charge < -0.3 is 10.1 Å². The third-order valence-electron chi connectivity index (χ3n) is 6.49. The molecule has 8 nitrogen and oxygen atoms in total. The van der Waals surface area contributed by atoms with Gasteiger partial charge in [0.1, 0.15) is 0 Å². The van der Waals surface area contributed by atoms with Crippen LogP contribution >= 0.6 is 0 Å². The number of amides is 1. The highest BCUT2D eigenvalue weighted by Crippen LogP contribution is 2.36. The molecule has 4 aromatic rings. The van der Waals surface area contributed by atoms with Crippen molar-refractivity contribution in [2.24, 2.45) is 5.41 Å². The van der Waals surface area contributed by atoms with Gasteiger partial charge in [-0.3, -0.25) is 18.9 Å². The van der Waals surface area contributed by atoms with Crippen LogP contribution in [0.1, 0.15) is 73.9 Å². The zero-order valence-electron chi connectivity index (χ0n) is 24.2. The molecule has 1 N–H and O–H groups in total. The van der Waals surface area contributed by atoms with Crippen molar-refractivity contribution >= 4 is 11.6 Å². The minimum Gasteiger partial charge on any atom is -0.379 e. The van der Waals surface area contributed by atoms with Gasteiger partial charge in [-0.25, -0.2) is 4.98 Å². The van der Waals surface area contributed by atoms with E-state index in [4.69, 9.17) is 4.74 Å². The maximum absolute atomic E-state index is 13.8. The molecule has 1 aromatic carbocycles. The zero-order valence-corrected chi connectivity index (χ0v) is 24.2. The van der Waals surface area contributed by atoms with Crippen molar-refractivity contribution < 1.29 is 22.7 Å². The maximum Gasteiger partial charge on any atom is 0.435 e. The largest absolute Gasteiger partial charge is 0.435 e. The van der Waals surface area contributed by atoms with Crippen LogP contribution in [0.4, 0.5) is 13.2 Å². The summed E-state index contributed by atoms with van der Waals surface area (Å²) in [5, 5.41) is 6.72. The van der Waals surface area contributed by atoms with Crippen LogP contribution in [0.2, 0.25) is 0 Å². The van der Waals surface area contributed by atoms with Gasteiger partial charge in [-0.15, -0.1) is 0 Å². The predicted molar refractivity (Wildman–Crippen MR) is 151 cm³/mol. The van der Waals surface area contributed by atoms with Gasteiger partial charge in [-0.1, -0.05) is 46.8 Å². The Morgan fingerprint density at radius 2 is 1.90 bits per heavy atom. The van der Waals surface area contributed by atoms with Crippen molar-refractivity contribution in [1.82, 2.24) is 29.5 Å². The van der Waals surface area contributed by atoms with E-state index in [9.17, 15) is 18.0 Å². The van der Waals surface area contributed by atoms with Gasteiger partial charge in [0.2, 0.25) is 0 Å². The van der Waals surface area contributed by atoms with E-state index in [-0.39, 0.29) is 16.9 Å². The number of hydrogen-bond acceptors (Lipinski definition) is 5. The van der Waals surface area contributed by atoms with Gasteiger partial charge in [0.15, 0.2) is 11.3 Å². The molecule has 0 radical (unpaired) electrons. The van der Waals surface area contributed by atoms with Crippen LogP contribution < -0.4 is 5.32 Å². The van der Waals surface area contributed by atoms with Gasteiger partial charge in [0, 0.05) is 43.7 Å². The molecule has 0 atom stereocenters. The monoisotopic (exact) mass is 570 g/mol. The molecule has 3 heterocycles. The number of hydrogen-bond donors (Lipinski definition) is 1. The summed E-state index contributed by atoms with van der Waals surface area (Å²) in [4.78, 5) is 21.8. The first-order valence-electron chi connectivity index (χ1n) is 13.8. The lowest BCUT2D eigenvalue weighted by Crippen LogP contribution is -2.29. The van der Waals surface area contributed by atoms with E-state index in [1.54, 1.807) is 22.9 Å². The van der Waals surface area contributed by atoms with Crippen LogP contribution in [0.5, 0.6) is 0 Å². The van der Waals surface area contributed by atoms with Crippen LogP contribution in [-0.4, -0.2) is 49.8 Å². The molecule has 0 saturated heterocycles. The van der Waals surface area contributed by atoms with Gasteiger partial charge >= 0.3 is 6.18 Å². The second kappa shape index (κ2) is 12.4. The van der Waals surface area contributed by atoms with E-state index in [1.807, 2.05) is 26.0 Å². The van der Waals surface area contributed by atoms with Crippen molar-refractivity contribution in [1.29, 1.82) is 0 Å². The molecule has 11 heteroatoms. The highest BCUT2D eigenvalue weighted by molar-refractivity contribution is 5.95. The first kappa shape index (κ1) is 30.2. The van der Waals surface area contributed by atoms with Gasteiger partial charge in [-0.05, 0) is 35.4 Å². The van der Waals surface area contributed by atoms with E-state index < -0.39 is 11.9 Å². The molecule has 3 aromatic heterocycles. The molecular weight excluding hydrogens is 533 g/mol. The molecule has 0 aliphatic carbocycles. The van der Waals surface area contributed by atoms with Crippen LogP contribution in [0.3, 0.4) is 0 Å². The standard InChI is InChI=1S/C30H37F3N6O2/c1-6-12-38-18-23(26(37-38)30(31,32)33)25-17-36-27-24(34-10-13-39(25)27)16-20-8-9-22(21(7-2)15-20)28(40)35-11-14-41-19-29(3,4)5/h8-10,13,15,17-18H,6-7,11-12,14,16,19H2,1-5H3,(H,35,40). The van der Waals surface area contributed by atoms with Crippen molar-refractivity contribution in [2.45, 2.75) is 66.6 Å². The minimum absolute atomic E-state index is 0.0250. The smallest absolute Gasteiger partial charge is 0.379 e. The van der Waals surface area contributed by atoms with Crippen LogP contribution in [0.15, 0.2) is 43.0 Å². The number of aryl methyl sites for hydroxylation is 2. The Balaban J connectivity index is 1.54. The Morgan fingerprint density at radius 1 is 1.12 bits per heavy atom. The SMILES string of the molecule is CCCn1cc(-c2cnc3c(Cc4ccc(C(=O)NCCOCC(C)(C)C)c(CC)c4)nccn23)c(C(F)(F)F)n1. The van der Waals surface area contributed by atoms with Gasteiger partial charge in [0.05, 0.1) is 36.4 Å². The average molecular weight is 571 g/mol. The summed E-state index contributed by atoms with van der Waals surface area (Å²) in [5.74, 6) is -0.157.